The average molecular weight is 395 g/mol. The number of amides is 1. The van der Waals surface area contributed by atoms with Gasteiger partial charge in [0.1, 0.15) is 0 Å². The normalized spacial score (nSPS) is 22.6. The van der Waals surface area contributed by atoms with Gasteiger partial charge in [0.2, 0.25) is 5.91 Å². The Bertz CT molecular complexity index is 752. The van der Waals surface area contributed by atoms with Crippen molar-refractivity contribution in [3.8, 4) is 0 Å². The predicted molar refractivity (Wildman–Crippen MR) is 117 cm³/mol. The minimum absolute atomic E-state index is 0.321. The molecule has 4 rings (SSSR count). The van der Waals surface area contributed by atoms with Crippen molar-refractivity contribution in [3.05, 3.63) is 66.2 Å². The smallest absolute Gasteiger partial charge is 0.233 e. The Hall–Kier alpha value is -1.78. The monoisotopic (exact) mass is 394 g/mol. The Morgan fingerprint density at radius 2 is 1.71 bits per heavy atom. The predicted octanol–water partition coefficient (Wildman–Crippen LogP) is 4.33. The molecule has 0 aromatic heterocycles. The number of likely N-dealkylation sites (tertiary alicyclic amines) is 2. The summed E-state index contributed by atoms with van der Waals surface area (Å²) in [5.74, 6) is 1.52. The zero-order valence-electron chi connectivity index (χ0n) is 16.5. The molecule has 2 aliphatic rings. The Kier molecular flexibility index (Phi) is 6.71. The summed E-state index contributed by atoms with van der Waals surface area (Å²) in [6.07, 6.45) is 4.66. The molecule has 0 N–H and O–H groups in total. The van der Waals surface area contributed by atoms with Crippen molar-refractivity contribution < 1.29 is 4.79 Å². The highest BCUT2D eigenvalue weighted by atomic mass is 32.2. The molecule has 2 aromatic carbocycles. The van der Waals surface area contributed by atoms with Crippen molar-refractivity contribution >= 4 is 17.7 Å². The van der Waals surface area contributed by atoms with Gasteiger partial charge >= 0.3 is 0 Å². The van der Waals surface area contributed by atoms with Crippen LogP contribution in [0.15, 0.2) is 65.6 Å². The fraction of sp³-hybridized carbons (Fsp3) is 0.458. The van der Waals surface area contributed by atoms with Crippen LogP contribution < -0.4 is 0 Å². The van der Waals surface area contributed by atoms with Crippen LogP contribution in [-0.4, -0.2) is 53.7 Å². The summed E-state index contributed by atoms with van der Waals surface area (Å²) in [5.41, 5.74) is 1.42. The van der Waals surface area contributed by atoms with Gasteiger partial charge in [0.05, 0.1) is 5.75 Å². The highest BCUT2D eigenvalue weighted by Crippen LogP contribution is 2.31. The lowest BCUT2D eigenvalue weighted by Gasteiger charge is -2.47. The maximum Gasteiger partial charge on any atom is 0.233 e. The van der Waals surface area contributed by atoms with Crippen molar-refractivity contribution in [2.75, 3.05) is 31.9 Å². The second kappa shape index (κ2) is 9.62. The maximum absolute atomic E-state index is 12.9. The fourth-order valence-corrected chi connectivity index (χ4v) is 5.47. The van der Waals surface area contributed by atoms with Crippen molar-refractivity contribution in [2.45, 2.75) is 36.6 Å². The second-order valence-electron chi connectivity index (χ2n) is 7.98. The van der Waals surface area contributed by atoms with E-state index in [1.165, 1.54) is 16.9 Å². The minimum Gasteiger partial charge on any atom is -0.339 e. The van der Waals surface area contributed by atoms with E-state index < -0.39 is 0 Å². The molecule has 0 saturated carbocycles. The van der Waals surface area contributed by atoms with E-state index in [9.17, 15) is 4.79 Å². The third-order valence-corrected chi connectivity index (χ3v) is 7.13. The number of piperidine rings is 2. The number of rotatable bonds is 6. The largest absolute Gasteiger partial charge is 0.339 e. The number of hydrogen-bond donors (Lipinski definition) is 0. The van der Waals surface area contributed by atoms with Crippen molar-refractivity contribution in [3.63, 3.8) is 0 Å². The Labute approximate surface area is 173 Å². The summed E-state index contributed by atoms with van der Waals surface area (Å²) in [5, 5.41) is 0. The Morgan fingerprint density at radius 1 is 0.964 bits per heavy atom. The molecule has 148 valence electrons. The van der Waals surface area contributed by atoms with Gasteiger partial charge in [-0.25, -0.2) is 0 Å². The van der Waals surface area contributed by atoms with E-state index in [1.54, 1.807) is 11.8 Å². The Balaban J connectivity index is 1.29. The molecule has 2 saturated heterocycles. The van der Waals surface area contributed by atoms with Crippen LogP contribution in [0.25, 0.3) is 0 Å². The lowest BCUT2D eigenvalue weighted by atomic mass is 9.83. The number of hydrogen-bond acceptors (Lipinski definition) is 3. The number of nitrogens with zero attached hydrogens (tertiary/aromatic N) is 2. The third kappa shape index (κ3) is 4.98. The first-order chi connectivity index (χ1) is 13.8. The van der Waals surface area contributed by atoms with Gasteiger partial charge in [-0.15, -0.1) is 11.8 Å². The zero-order valence-corrected chi connectivity index (χ0v) is 17.3. The molecule has 2 aliphatic heterocycles. The number of carbonyl (C=O) groups is 1. The third-order valence-electron chi connectivity index (χ3n) is 6.14. The summed E-state index contributed by atoms with van der Waals surface area (Å²) in [4.78, 5) is 18.9. The number of carbonyl (C=O) groups excluding carboxylic acids is 1. The molecule has 1 amide bonds. The topological polar surface area (TPSA) is 23.6 Å². The van der Waals surface area contributed by atoms with E-state index >= 15 is 0 Å². The van der Waals surface area contributed by atoms with E-state index in [0.29, 0.717) is 23.6 Å². The van der Waals surface area contributed by atoms with Gasteiger partial charge in [-0.05, 0) is 49.3 Å². The van der Waals surface area contributed by atoms with Crippen LogP contribution in [-0.2, 0) is 11.2 Å². The lowest BCUT2D eigenvalue weighted by Crippen LogP contribution is -2.56. The second-order valence-corrected chi connectivity index (χ2v) is 9.03. The molecule has 28 heavy (non-hydrogen) atoms. The van der Waals surface area contributed by atoms with E-state index in [2.05, 4.69) is 52.3 Å². The molecule has 2 heterocycles. The number of benzene rings is 2. The number of fused-ring (bicyclic) bond motifs is 1. The molecule has 2 aromatic rings. The summed E-state index contributed by atoms with van der Waals surface area (Å²) in [7, 11) is 0. The zero-order chi connectivity index (χ0) is 19.2. The SMILES string of the molecule is O=C(CSc1ccccc1)N1CCC[C@@H]2CN(CCc3ccccc3)CC[C@@H]21. The van der Waals surface area contributed by atoms with E-state index in [0.717, 1.165) is 45.4 Å². The molecule has 2 atom stereocenters. The van der Waals surface area contributed by atoms with Crippen LogP contribution in [0.5, 0.6) is 0 Å². The first-order valence-electron chi connectivity index (χ1n) is 10.5. The van der Waals surface area contributed by atoms with Gasteiger partial charge in [0, 0.05) is 37.1 Å². The lowest BCUT2D eigenvalue weighted by molar-refractivity contribution is -0.135. The summed E-state index contributed by atoms with van der Waals surface area (Å²) in [6.45, 7) is 4.33. The van der Waals surface area contributed by atoms with Crippen molar-refractivity contribution in [1.29, 1.82) is 0 Å². The van der Waals surface area contributed by atoms with Crippen molar-refractivity contribution in [1.82, 2.24) is 9.80 Å². The molecule has 2 fully saturated rings. The highest BCUT2D eigenvalue weighted by Gasteiger charge is 2.37. The minimum atomic E-state index is 0.321. The standard InChI is InChI=1S/C24H30N2OS/c27-24(19-28-22-11-5-2-6-12-22)26-15-7-10-21-18-25(17-14-23(21)26)16-13-20-8-3-1-4-9-20/h1-6,8-9,11-12,21,23H,7,10,13-19H2/t21-,23+/m1/s1. The summed E-state index contributed by atoms with van der Waals surface area (Å²) >= 11 is 1.67. The van der Waals surface area contributed by atoms with Gasteiger partial charge in [-0.1, -0.05) is 48.5 Å². The molecule has 0 radical (unpaired) electrons. The quantitative estimate of drug-likeness (QED) is 0.681. The van der Waals surface area contributed by atoms with Crippen LogP contribution >= 0.6 is 11.8 Å². The first-order valence-corrected chi connectivity index (χ1v) is 11.5. The van der Waals surface area contributed by atoms with Gasteiger partial charge in [0.15, 0.2) is 0 Å². The van der Waals surface area contributed by atoms with E-state index in [4.69, 9.17) is 0 Å². The molecule has 0 spiro atoms. The van der Waals surface area contributed by atoms with Crippen LogP contribution in [0.3, 0.4) is 0 Å². The maximum atomic E-state index is 12.9. The molecule has 0 aliphatic carbocycles. The van der Waals surface area contributed by atoms with Crippen LogP contribution in [0.1, 0.15) is 24.8 Å². The fourth-order valence-electron chi connectivity index (χ4n) is 4.67. The van der Waals surface area contributed by atoms with Crippen LogP contribution in [0.4, 0.5) is 0 Å². The van der Waals surface area contributed by atoms with E-state index in [-0.39, 0.29) is 0 Å². The molecule has 0 unspecified atom stereocenters. The summed E-state index contributed by atoms with van der Waals surface area (Å²) in [6, 6.07) is 21.5. The molecule has 4 heteroatoms. The Morgan fingerprint density at radius 3 is 2.50 bits per heavy atom. The van der Waals surface area contributed by atoms with Crippen LogP contribution in [0, 0.1) is 5.92 Å². The molecular weight excluding hydrogens is 364 g/mol. The number of thioether (sulfide) groups is 1. The molecular formula is C24H30N2OS. The molecule has 0 bridgehead atoms. The van der Waals surface area contributed by atoms with Crippen molar-refractivity contribution in [2.24, 2.45) is 5.92 Å². The van der Waals surface area contributed by atoms with Gasteiger partial charge in [0.25, 0.3) is 0 Å². The van der Waals surface area contributed by atoms with Gasteiger partial charge < -0.3 is 9.80 Å². The van der Waals surface area contributed by atoms with Gasteiger partial charge in [-0.3, -0.25) is 4.79 Å². The van der Waals surface area contributed by atoms with Gasteiger partial charge in [-0.2, -0.15) is 0 Å². The van der Waals surface area contributed by atoms with Crippen LogP contribution in [0.2, 0.25) is 0 Å². The first kappa shape index (κ1) is 19.5. The summed E-state index contributed by atoms with van der Waals surface area (Å²) < 4.78 is 0. The highest BCUT2D eigenvalue weighted by molar-refractivity contribution is 8.00. The van der Waals surface area contributed by atoms with E-state index in [1.807, 2.05) is 18.2 Å². The molecule has 3 nitrogen and oxygen atoms in total. The average Bonchev–Trinajstić information content (AvgIpc) is 2.77.